The number of fused-ring (bicyclic) bond motifs is 4. The van der Waals surface area contributed by atoms with Crippen molar-refractivity contribution in [2.75, 3.05) is 6.61 Å². The first-order valence-corrected chi connectivity index (χ1v) is 10.3. The summed E-state index contributed by atoms with van der Waals surface area (Å²) in [7, 11) is 0. The van der Waals surface area contributed by atoms with E-state index < -0.39 is 11.7 Å². The summed E-state index contributed by atoms with van der Waals surface area (Å²) in [6.07, 6.45) is 6.62. The second-order valence-electron chi connectivity index (χ2n) is 8.20. The summed E-state index contributed by atoms with van der Waals surface area (Å²) in [5.41, 5.74) is 1.68. The highest BCUT2D eigenvalue weighted by Gasteiger charge is 2.52. The molecule has 2 aliphatic heterocycles. The molecule has 2 fully saturated rings. The molecule has 7 heteroatoms. The average Bonchev–Trinajstić information content (AvgIpc) is 3.51. The molecule has 1 saturated carbocycles. The van der Waals surface area contributed by atoms with Crippen molar-refractivity contribution in [1.29, 1.82) is 0 Å². The van der Waals surface area contributed by atoms with Gasteiger partial charge in [-0.15, -0.1) is 0 Å². The van der Waals surface area contributed by atoms with Gasteiger partial charge >= 0.3 is 6.18 Å². The van der Waals surface area contributed by atoms with Crippen molar-refractivity contribution in [1.82, 2.24) is 5.32 Å². The Morgan fingerprint density at radius 2 is 2.13 bits per heavy atom. The number of amides is 1. The summed E-state index contributed by atoms with van der Waals surface area (Å²) in [5, 5.41) is 3.09. The summed E-state index contributed by atoms with van der Waals surface area (Å²) in [4.78, 5) is 12.8. The molecule has 2 heterocycles. The zero-order valence-corrected chi connectivity index (χ0v) is 16.2. The zero-order valence-electron chi connectivity index (χ0n) is 16.2. The number of nitrogens with one attached hydrogen (secondary N) is 1. The van der Waals surface area contributed by atoms with Gasteiger partial charge in [0.05, 0.1) is 30.4 Å². The van der Waals surface area contributed by atoms with E-state index in [4.69, 9.17) is 9.47 Å². The number of epoxide rings is 1. The monoisotopic (exact) mass is 417 g/mol. The lowest BCUT2D eigenvalue weighted by molar-refractivity contribution is -0.137. The molecular weight excluding hydrogens is 395 g/mol. The van der Waals surface area contributed by atoms with Crippen molar-refractivity contribution in [3.05, 3.63) is 59.2 Å². The molecule has 1 aromatic rings. The van der Waals surface area contributed by atoms with Crippen molar-refractivity contribution >= 4 is 11.5 Å². The Morgan fingerprint density at radius 1 is 1.27 bits per heavy atom. The van der Waals surface area contributed by atoms with Crippen LogP contribution in [0.1, 0.15) is 36.8 Å². The fourth-order valence-electron chi connectivity index (χ4n) is 4.76. The number of benzene rings is 1. The number of alkyl halides is 3. The first kappa shape index (κ1) is 19.4. The van der Waals surface area contributed by atoms with Gasteiger partial charge in [0, 0.05) is 24.0 Å². The van der Waals surface area contributed by atoms with E-state index >= 15 is 0 Å². The van der Waals surface area contributed by atoms with Gasteiger partial charge in [-0.2, -0.15) is 13.2 Å². The highest BCUT2D eigenvalue weighted by molar-refractivity contribution is 5.96. The number of ether oxygens (including phenoxy) is 2. The SMILES string of the molecule is O=C(C=C1CCCOc2cc(C(F)(F)F)ccc21)NC1CC2OC2C2CC=CC=C12. The van der Waals surface area contributed by atoms with E-state index in [1.54, 1.807) is 0 Å². The molecule has 2 aliphatic carbocycles. The molecular formula is C23H22F3NO3. The van der Waals surface area contributed by atoms with Gasteiger partial charge in [-0.1, -0.05) is 24.3 Å². The van der Waals surface area contributed by atoms with Crippen LogP contribution in [-0.4, -0.2) is 30.8 Å². The van der Waals surface area contributed by atoms with E-state index in [1.807, 2.05) is 6.08 Å². The summed E-state index contributed by atoms with van der Waals surface area (Å²) >= 11 is 0. The molecule has 1 saturated heterocycles. The van der Waals surface area contributed by atoms with Crippen LogP contribution in [0.3, 0.4) is 0 Å². The number of hydrogen-bond acceptors (Lipinski definition) is 3. The fraction of sp³-hybridized carbons (Fsp3) is 0.435. The molecule has 1 amide bonds. The first-order chi connectivity index (χ1) is 14.4. The number of hydrogen-bond donors (Lipinski definition) is 1. The van der Waals surface area contributed by atoms with E-state index in [0.717, 1.165) is 25.0 Å². The second kappa shape index (κ2) is 7.30. The van der Waals surface area contributed by atoms with Crippen LogP contribution in [0, 0.1) is 5.92 Å². The zero-order chi connectivity index (χ0) is 20.9. The third kappa shape index (κ3) is 3.67. The maximum Gasteiger partial charge on any atom is 0.416 e. The summed E-state index contributed by atoms with van der Waals surface area (Å²) in [5.74, 6) is 0.254. The third-order valence-electron chi connectivity index (χ3n) is 6.26. The maximum absolute atomic E-state index is 13.0. The normalized spacial score (nSPS) is 30.9. The number of rotatable bonds is 2. The van der Waals surface area contributed by atoms with Crippen LogP contribution in [0.2, 0.25) is 0 Å². The molecule has 0 bridgehead atoms. The van der Waals surface area contributed by atoms with E-state index in [0.29, 0.717) is 36.5 Å². The molecule has 1 N–H and O–H groups in total. The molecule has 0 aromatic heterocycles. The van der Waals surface area contributed by atoms with Crippen LogP contribution >= 0.6 is 0 Å². The number of carbonyl (C=O) groups excluding carboxylic acids is 1. The molecule has 4 atom stereocenters. The molecule has 5 rings (SSSR count). The largest absolute Gasteiger partial charge is 0.493 e. The van der Waals surface area contributed by atoms with Crippen molar-refractivity contribution in [3.63, 3.8) is 0 Å². The Morgan fingerprint density at radius 3 is 2.97 bits per heavy atom. The van der Waals surface area contributed by atoms with Gasteiger partial charge in [0.1, 0.15) is 5.75 Å². The Bertz CT molecular complexity index is 963. The Hall–Kier alpha value is -2.54. The van der Waals surface area contributed by atoms with Gasteiger partial charge in [-0.3, -0.25) is 4.79 Å². The summed E-state index contributed by atoms with van der Waals surface area (Å²) in [6, 6.07) is 3.37. The van der Waals surface area contributed by atoms with Crippen LogP contribution in [0.25, 0.3) is 5.57 Å². The molecule has 1 aromatic carbocycles. The molecule has 30 heavy (non-hydrogen) atoms. The topological polar surface area (TPSA) is 50.9 Å². The minimum Gasteiger partial charge on any atom is -0.493 e. The van der Waals surface area contributed by atoms with Crippen LogP contribution in [-0.2, 0) is 15.7 Å². The number of carbonyl (C=O) groups is 1. The lowest BCUT2D eigenvalue weighted by Crippen LogP contribution is -2.42. The molecule has 158 valence electrons. The van der Waals surface area contributed by atoms with Gasteiger partial charge in [0.2, 0.25) is 5.91 Å². The number of halogens is 3. The van der Waals surface area contributed by atoms with Crippen LogP contribution in [0.15, 0.2) is 48.1 Å². The molecule has 4 nitrogen and oxygen atoms in total. The molecule has 4 unspecified atom stereocenters. The van der Waals surface area contributed by atoms with Crippen molar-refractivity contribution < 1.29 is 27.4 Å². The average molecular weight is 417 g/mol. The first-order valence-electron chi connectivity index (χ1n) is 10.3. The Labute approximate surface area is 172 Å². The minimum atomic E-state index is -4.44. The fourth-order valence-corrected chi connectivity index (χ4v) is 4.76. The molecule has 4 aliphatic rings. The van der Waals surface area contributed by atoms with E-state index in [9.17, 15) is 18.0 Å². The highest BCUT2D eigenvalue weighted by atomic mass is 19.4. The molecule has 0 spiro atoms. The van der Waals surface area contributed by atoms with Crippen LogP contribution in [0.4, 0.5) is 13.2 Å². The smallest absolute Gasteiger partial charge is 0.416 e. The van der Waals surface area contributed by atoms with Crippen molar-refractivity contribution in [2.45, 2.75) is 50.1 Å². The van der Waals surface area contributed by atoms with Crippen molar-refractivity contribution in [3.8, 4) is 5.75 Å². The third-order valence-corrected chi connectivity index (χ3v) is 6.26. The van der Waals surface area contributed by atoms with Gasteiger partial charge in [0.15, 0.2) is 0 Å². The second-order valence-corrected chi connectivity index (χ2v) is 8.20. The quantitative estimate of drug-likeness (QED) is 0.573. The van der Waals surface area contributed by atoms with E-state index in [2.05, 4.69) is 17.5 Å². The minimum absolute atomic E-state index is 0.0813. The van der Waals surface area contributed by atoms with Gasteiger partial charge in [-0.25, -0.2) is 0 Å². The predicted molar refractivity (Wildman–Crippen MR) is 105 cm³/mol. The summed E-state index contributed by atoms with van der Waals surface area (Å²) in [6.45, 7) is 0.317. The van der Waals surface area contributed by atoms with Crippen LogP contribution < -0.4 is 10.1 Å². The Balaban J connectivity index is 1.38. The van der Waals surface area contributed by atoms with E-state index in [-0.39, 0.29) is 29.9 Å². The lowest BCUT2D eigenvalue weighted by atomic mass is 9.77. The van der Waals surface area contributed by atoms with Gasteiger partial charge < -0.3 is 14.8 Å². The van der Waals surface area contributed by atoms with Gasteiger partial charge in [0.25, 0.3) is 0 Å². The van der Waals surface area contributed by atoms with Crippen LogP contribution in [0.5, 0.6) is 5.75 Å². The summed E-state index contributed by atoms with van der Waals surface area (Å²) < 4.78 is 50.4. The van der Waals surface area contributed by atoms with Crippen molar-refractivity contribution in [2.24, 2.45) is 5.92 Å². The molecule has 0 radical (unpaired) electrons. The Kier molecular flexibility index (Phi) is 4.73. The maximum atomic E-state index is 13.0. The standard InChI is InChI=1S/C23H22F3NO3/c24-23(25,26)14-7-8-15-13(4-3-9-29-19(15)11-14)10-21(28)27-18-12-20-22(30-20)17-6-2-1-5-16(17)18/h1-2,5,7-8,10-11,17-18,20,22H,3-4,6,9,12H2,(H,27,28). The van der Waals surface area contributed by atoms with E-state index in [1.165, 1.54) is 17.7 Å². The highest BCUT2D eigenvalue weighted by Crippen LogP contribution is 2.46. The lowest BCUT2D eigenvalue weighted by Gasteiger charge is -2.31. The van der Waals surface area contributed by atoms with Gasteiger partial charge in [-0.05, 0) is 42.5 Å². The number of allylic oxidation sites excluding steroid dienone is 4. The predicted octanol–water partition coefficient (Wildman–Crippen LogP) is 4.42.